The van der Waals surface area contributed by atoms with Crippen molar-refractivity contribution < 1.29 is 9.13 Å². The lowest BCUT2D eigenvalue weighted by molar-refractivity contribution is 0.309. The minimum absolute atomic E-state index is 0.243. The average Bonchev–Trinajstić information content (AvgIpc) is 2.82. The molecular formula is C30H33FO. The SMILES string of the molecule is CCCCCCc1ccc(-c2ccc(C#Cc3ccc(OCCCC)cc3)cc2F)cc1. The predicted molar refractivity (Wildman–Crippen MR) is 133 cm³/mol. The molecule has 0 fully saturated rings. The molecule has 1 nitrogen and oxygen atoms in total. The zero-order chi connectivity index (χ0) is 22.6. The molecule has 3 aromatic rings. The van der Waals surface area contributed by atoms with Gasteiger partial charge in [0.2, 0.25) is 0 Å². The van der Waals surface area contributed by atoms with Gasteiger partial charge in [0.1, 0.15) is 11.6 Å². The molecule has 0 aliphatic carbocycles. The van der Waals surface area contributed by atoms with Crippen molar-refractivity contribution in [1.82, 2.24) is 0 Å². The van der Waals surface area contributed by atoms with E-state index in [9.17, 15) is 4.39 Å². The number of ether oxygens (including phenoxy) is 1. The summed E-state index contributed by atoms with van der Waals surface area (Å²) in [5, 5.41) is 0. The predicted octanol–water partition coefficient (Wildman–Crippen LogP) is 8.19. The molecule has 0 saturated carbocycles. The molecule has 0 spiro atoms. The van der Waals surface area contributed by atoms with Crippen LogP contribution in [-0.4, -0.2) is 6.61 Å². The van der Waals surface area contributed by atoms with Gasteiger partial charge in [-0.3, -0.25) is 0 Å². The Bertz CT molecular complexity index is 1020. The van der Waals surface area contributed by atoms with E-state index < -0.39 is 0 Å². The zero-order valence-corrected chi connectivity index (χ0v) is 19.3. The fourth-order valence-corrected chi connectivity index (χ4v) is 3.55. The molecule has 3 rings (SSSR count). The van der Waals surface area contributed by atoms with Crippen LogP contribution >= 0.6 is 0 Å². The number of hydrogen-bond acceptors (Lipinski definition) is 1. The van der Waals surface area contributed by atoms with Crippen molar-refractivity contribution in [1.29, 1.82) is 0 Å². The van der Waals surface area contributed by atoms with Crippen LogP contribution in [0.2, 0.25) is 0 Å². The monoisotopic (exact) mass is 428 g/mol. The van der Waals surface area contributed by atoms with E-state index in [1.807, 2.05) is 48.5 Å². The Labute approximate surface area is 192 Å². The number of aryl methyl sites for hydroxylation is 1. The molecule has 0 unspecified atom stereocenters. The van der Waals surface area contributed by atoms with Crippen molar-refractivity contribution in [2.24, 2.45) is 0 Å². The largest absolute Gasteiger partial charge is 0.494 e. The lowest BCUT2D eigenvalue weighted by Gasteiger charge is -2.06. The number of halogens is 1. The van der Waals surface area contributed by atoms with E-state index in [4.69, 9.17) is 4.74 Å². The lowest BCUT2D eigenvalue weighted by Crippen LogP contribution is -1.95. The van der Waals surface area contributed by atoms with Gasteiger partial charge in [-0.1, -0.05) is 81.7 Å². The van der Waals surface area contributed by atoms with Crippen LogP contribution in [0.3, 0.4) is 0 Å². The quantitative estimate of drug-likeness (QED) is 0.234. The van der Waals surface area contributed by atoms with Crippen LogP contribution in [0, 0.1) is 17.7 Å². The molecule has 0 aromatic heterocycles. The maximum absolute atomic E-state index is 14.8. The van der Waals surface area contributed by atoms with Gasteiger partial charge in [-0.05, 0) is 66.8 Å². The van der Waals surface area contributed by atoms with Gasteiger partial charge in [0.25, 0.3) is 0 Å². The molecule has 0 aliphatic rings. The molecule has 3 aromatic carbocycles. The molecule has 0 aliphatic heterocycles. The van der Waals surface area contributed by atoms with E-state index in [1.54, 1.807) is 0 Å². The van der Waals surface area contributed by atoms with E-state index in [-0.39, 0.29) is 5.82 Å². The summed E-state index contributed by atoms with van der Waals surface area (Å²) in [6.45, 7) is 5.10. The Hall–Kier alpha value is -3.05. The third-order valence-corrected chi connectivity index (χ3v) is 5.53. The van der Waals surface area contributed by atoms with E-state index in [1.165, 1.54) is 37.3 Å². The second kappa shape index (κ2) is 12.7. The molecule has 2 heteroatoms. The Morgan fingerprint density at radius 1 is 0.719 bits per heavy atom. The standard InChI is InChI=1S/C30H33FO/c1-3-5-7-8-9-24-12-17-27(18-13-24)29-21-16-26(23-30(29)31)11-10-25-14-19-28(20-15-25)32-22-6-4-2/h12-21,23H,3-9,22H2,1-2H3. The highest BCUT2D eigenvalue weighted by atomic mass is 19.1. The second-order valence-electron chi connectivity index (χ2n) is 8.18. The number of hydrogen-bond donors (Lipinski definition) is 0. The summed E-state index contributed by atoms with van der Waals surface area (Å²) in [6, 6.07) is 21.2. The first-order chi connectivity index (χ1) is 15.7. The van der Waals surface area contributed by atoms with Gasteiger partial charge < -0.3 is 4.74 Å². The average molecular weight is 429 g/mol. The minimum Gasteiger partial charge on any atom is -0.494 e. The molecule has 0 atom stereocenters. The Morgan fingerprint density at radius 3 is 2.09 bits per heavy atom. The fourth-order valence-electron chi connectivity index (χ4n) is 3.55. The maximum Gasteiger partial charge on any atom is 0.132 e. The molecular weight excluding hydrogens is 395 g/mol. The normalized spacial score (nSPS) is 10.5. The van der Waals surface area contributed by atoms with E-state index in [0.29, 0.717) is 11.1 Å². The first-order valence-electron chi connectivity index (χ1n) is 11.8. The van der Waals surface area contributed by atoms with Crippen LogP contribution < -0.4 is 4.74 Å². The molecule has 0 amide bonds. The van der Waals surface area contributed by atoms with Gasteiger partial charge in [0, 0.05) is 16.7 Å². The summed E-state index contributed by atoms with van der Waals surface area (Å²) >= 11 is 0. The van der Waals surface area contributed by atoms with E-state index in [0.717, 1.165) is 42.7 Å². The molecule has 0 bridgehead atoms. The van der Waals surface area contributed by atoms with Crippen molar-refractivity contribution in [3.8, 4) is 28.7 Å². The molecule has 0 radical (unpaired) electrons. The number of benzene rings is 3. The molecule has 0 N–H and O–H groups in total. The van der Waals surface area contributed by atoms with Crippen molar-refractivity contribution >= 4 is 0 Å². The first kappa shape index (κ1) is 23.6. The smallest absolute Gasteiger partial charge is 0.132 e. The summed E-state index contributed by atoms with van der Waals surface area (Å²) in [4.78, 5) is 0. The summed E-state index contributed by atoms with van der Waals surface area (Å²) in [5.41, 5.74) is 4.38. The first-order valence-corrected chi connectivity index (χ1v) is 11.8. The third kappa shape index (κ3) is 7.27. The Morgan fingerprint density at radius 2 is 1.41 bits per heavy atom. The summed E-state index contributed by atoms with van der Waals surface area (Å²) < 4.78 is 20.4. The van der Waals surface area contributed by atoms with E-state index >= 15 is 0 Å². The van der Waals surface area contributed by atoms with Crippen LogP contribution in [0.25, 0.3) is 11.1 Å². The van der Waals surface area contributed by atoms with Crippen molar-refractivity contribution in [2.75, 3.05) is 6.61 Å². The minimum atomic E-state index is -0.243. The zero-order valence-electron chi connectivity index (χ0n) is 19.3. The van der Waals surface area contributed by atoms with Crippen molar-refractivity contribution in [2.45, 2.75) is 58.8 Å². The van der Waals surface area contributed by atoms with Crippen LogP contribution in [0.5, 0.6) is 5.75 Å². The van der Waals surface area contributed by atoms with Gasteiger partial charge in [-0.2, -0.15) is 0 Å². The molecule has 0 heterocycles. The third-order valence-electron chi connectivity index (χ3n) is 5.53. The molecule has 0 saturated heterocycles. The highest BCUT2D eigenvalue weighted by Gasteiger charge is 2.06. The van der Waals surface area contributed by atoms with Crippen LogP contribution in [0.1, 0.15) is 69.1 Å². The summed E-state index contributed by atoms with van der Waals surface area (Å²) in [7, 11) is 0. The maximum atomic E-state index is 14.8. The number of rotatable bonds is 10. The van der Waals surface area contributed by atoms with Gasteiger partial charge in [-0.25, -0.2) is 4.39 Å². The van der Waals surface area contributed by atoms with Gasteiger partial charge >= 0.3 is 0 Å². The fraction of sp³-hybridized carbons (Fsp3) is 0.333. The number of unbranched alkanes of at least 4 members (excludes halogenated alkanes) is 4. The molecule has 166 valence electrons. The Kier molecular flexibility index (Phi) is 9.38. The van der Waals surface area contributed by atoms with Crippen molar-refractivity contribution in [3.63, 3.8) is 0 Å². The molecule has 32 heavy (non-hydrogen) atoms. The van der Waals surface area contributed by atoms with Crippen molar-refractivity contribution in [3.05, 3.63) is 89.2 Å². The topological polar surface area (TPSA) is 9.23 Å². The highest BCUT2D eigenvalue weighted by Crippen LogP contribution is 2.24. The van der Waals surface area contributed by atoms with Gasteiger partial charge in [-0.15, -0.1) is 0 Å². The van der Waals surface area contributed by atoms with Crippen LogP contribution in [0.15, 0.2) is 66.7 Å². The summed E-state index contributed by atoms with van der Waals surface area (Å²) in [5.74, 6) is 6.78. The summed E-state index contributed by atoms with van der Waals surface area (Å²) in [6.07, 6.45) is 8.27. The second-order valence-corrected chi connectivity index (χ2v) is 8.18. The van der Waals surface area contributed by atoms with E-state index in [2.05, 4.69) is 37.8 Å². The van der Waals surface area contributed by atoms with Gasteiger partial charge in [0.05, 0.1) is 6.61 Å². The Balaban J connectivity index is 1.62. The highest BCUT2D eigenvalue weighted by molar-refractivity contribution is 5.65. The van der Waals surface area contributed by atoms with Crippen LogP contribution in [-0.2, 0) is 6.42 Å². The van der Waals surface area contributed by atoms with Gasteiger partial charge in [0.15, 0.2) is 0 Å². The van der Waals surface area contributed by atoms with Crippen LogP contribution in [0.4, 0.5) is 4.39 Å². The lowest BCUT2D eigenvalue weighted by atomic mass is 9.99.